The Hall–Kier alpha value is -2.01. The normalized spacial score (nSPS) is 13.9. The van der Waals surface area contributed by atoms with Gasteiger partial charge in [0.05, 0.1) is 24.8 Å². The van der Waals surface area contributed by atoms with Crippen LogP contribution in [0.15, 0.2) is 60.7 Å². The van der Waals surface area contributed by atoms with Gasteiger partial charge in [0.25, 0.3) is 0 Å². The first-order chi connectivity index (χ1) is 12.5. The van der Waals surface area contributed by atoms with Gasteiger partial charge in [0.2, 0.25) is 6.54 Å². The SMILES string of the molecule is CCOP(=O)(OCC)[C@@H](c1ccccc1)[C@H](C[N+](=O)[O-])c1ccccc1. The molecule has 0 aliphatic carbocycles. The summed E-state index contributed by atoms with van der Waals surface area (Å²) in [6.45, 7) is 3.49. The first-order valence-electron chi connectivity index (χ1n) is 8.62. The van der Waals surface area contributed by atoms with Gasteiger partial charge in [-0.05, 0) is 25.0 Å². The van der Waals surface area contributed by atoms with E-state index in [1.54, 1.807) is 13.8 Å². The van der Waals surface area contributed by atoms with Crippen LogP contribution in [0.4, 0.5) is 0 Å². The van der Waals surface area contributed by atoms with Crippen molar-refractivity contribution in [2.75, 3.05) is 19.8 Å². The highest BCUT2D eigenvalue weighted by molar-refractivity contribution is 7.54. The number of benzene rings is 2. The van der Waals surface area contributed by atoms with Gasteiger partial charge in [0, 0.05) is 4.92 Å². The molecule has 2 aromatic rings. The Morgan fingerprint density at radius 1 is 0.923 bits per heavy atom. The number of rotatable bonds is 10. The number of hydrogen-bond donors (Lipinski definition) is 0. The highest BCUT2D eigenvalue weighted by Crippen LogP contribution is 2.65. The molecule has 0 heterocycles. The first kappa shape index (κ1) is 20.3. The fraction of sp³-hybridized carbons (Fsp3) is 0.368. The molecule has 140 valence electrons. The van der Waals surface area contributed by atoms with E-state index in [1.165, 1.54) is 0 Å². The van der Waals surface area contributed by atoms with Crippen LogP contribution in [-0.4, -0.2) is 24.7 Å². The van der Waals surface area contributed by atoms with Crippen molar-refractivity contribution < 1.29 is 18.5 Å². The van der Waals surface area contributed by atoms with Gasteiger partial charge >= 0.3 is 7.60 Å². The molecule has 0 spiro atoms. The maximum Gasteiger partial charge on any atom is 0.338 e. The molecule has 0 N–H and O–H groups in total. The predicted molar refractivity (Wildman–Crippen MR) is 101 cm³/mol. The zero-order valence-electron chi connectivity index (χ0n) is 15.0. The lowest BCUT2D eigenvalue weighted by atomic mass is 9.91. The van der Waals surface area contributed by atoms with E-state index < -0.39 is 19.2 Å². The second-order valence-corrected chi connectivity index (χ2v) is 7.92. The van der Waals surface area contributed by atoms with E-state index >= 15 is 0 Å². The zero-order chi connectivity index (χ0) is 19.0. The van der Waals surface area contributed by atoms with E-state index in [-0.39, 0.29) is 24.7 Å². The maximum absolute atomic E-state index is 13.6. The molecule has 2 aromatic carbocycles. The zero-order valence-corrected chi connectivity index (χ0v) is 15.9. The highest BCUT2D eigenvalue weighted by Gasteiger charge is 2.45. The number of nitro groups is 1. The molecule has 0 amide bonds. The minimum absolute atomic E-state index is 0.195. The van der Waals surface area contributed by atoms with Gasteiger partial charge in [0.15, 0.2) is 0 Å². The standard InChI is InChI=1S/C19H24NO5P/c1-3-24-26(23,25-4-2)19(17-13-9-6-10-14-17)18(15-20(21)22)16-11-7-5-8-12-16/h5-14,18-19H,3-4,15H2,1-2H3/t18-,19+/m1/s1. The highest BCUT2D eigenvalue weighted by atomic mass is 31.2. The van der Waals surface area contributed by atoms with Crippen molar-refractivity contribution in [3.8, 4) is 0 Å². The van der Waals surface area contributed by atoms with Crippen molar-refractivity contribution in [2.24, 2.45) is 0 Å². The van der Waals surface area contributed by atoms with Crippen LogP contribution in [-0.2, 0) is 13.6 Å². The predicted octanol–water partition coefficient (Wildman–Crippen LogP) is 5.05. The van der Waals surface area contributed by atoms with Gasteiger partial charge in [-0.2, -0.15) is 0 Å². The van der Waals surface area contributed by atoms with Gasteiger partial charge in [-0.15, -0.1) is 0 Å². The monoisotopic (exact) mass is 377 g/mol. The maximum atomic E-state index is 13.6. The van der Waals surface area contributed by atoms with Crippen LogP contribution in [0.3, 0.4) is 0 Å². The van der Waals surface area contributed by atoms with Crippen molar-refractivity contribution >= 4 is 7.60 Å². The van der Waals surface area contributed by atoms with E-state index in [9.17, 15) is 14.7 Å². The fourth-order valence-electron chi connectivity index (χ4n) is 3.09. The minimum Gasteiger partial charge on any atom is -0.308 e. The molecule has 2 atom stereocenters. The summed E-state index contributed by atoms with van der Waals surface area (Å²) in [5.74, 6) is -0.641. The molecule has 26 heavy (non-hydrogen) atoms. The number of nitrogens with zero attached hydrogens (tertiary/aromatic N) is 1. The van der Waals surface area contributed by atoms with Gasteiger partial charge in [-0.1, -0.05) is 60.7 Å². The summed E-state index contributed by atoms with van der Waals surface area (Å²) in [6.07, 6.45) is 0. The molecule has 0 unspecified atom stereocenters. The summed E-state index contributed by atoms with van der Waals surface area (Å²) in [5.41, 5.74) is 0.669. The van der Waals surface area contributed by atoms with E-state index in [4.69, 9.17) is 9.05 Å². The molecule has 0 aromatic heterocycles. The topological polar surface area (TPSA) is 78.7 Å². The van der Waals surface area contributed by atoms with Gasteiger partial charge in [-0.25, -0.2) is 0 Å². The summed E-state index contributed by atoms with van der Waals surface area (Å²) in [5, 5.41) is 11.4. The van der Waals surface area contributed by atoms with Gasteiger partial charge < -0.3 is 9.05 Å². The summed E-state index contributed by atoms with van der Waals surface area (Å²) in [4.78, 5) is 11.0. The Bertz CT molecular complexity index is 728. The van der Waals surface area contributed by atoms with Crippen LogP contribution < -0.4 is 0 Å². The third kappa shape index (κ3) is 5.01. The Morgan fingerprint density at radius 3 is 1.81 bits per heavy atom. The van der Waals surface area contributed by atoms with E-state index in [2.05, 4.69) is 0 Å². The Morgan fingerprint density at radius 2 is 1.38 bits per heavy atom. The first-order valence-corrected chi connectivity index (χ1v) is 10.2. The summed E-state index contributed by atoms with van der Waals surface area (Å²) in [7, 11) is -3.63. The Labute approximate surface area is 153 Å². The van der Waals surface area contributed by atoms with Crippen molar-refractivity contribution in [1.29, 1.82) is 0 Å². The van der Waals surface area contributed by atoms with Crippen LogP contribution in [0.25, 0.3) is 0 Å². The lowest BCUT2D eigenvalue weighted by Gasteiger charge is -2.31. The lowest BCUT2D eigenvalue weighted by Crippen LogP contribution is -2.22. The van der Waals surface area contributed by atoms with Crippen LogP contribution in [0, 0.1) is 10.1 Å². The summed E-state index contributed by atoms with van der Waals surface area (Å²) >= 11 is 0. The third-order valence-electron chi connectivity index (χ3n) is 4.05. The quantitative estimate of drug-likeness (QED) is 0.329. The third-order valence-corrected chi connectivity index (χ3v) is 6.63. The molecule has 0 aliphatic rings. The second-order valence-electron chi connectivity index (χ2n) is 5.76. The molecular formula is C19H24NO5P. The molecule has 7 heteroatoms. The molecule has 2 rings (SSSR count). The minimum atomic E-state index is -3.63. The van der Waals surface area contributed by atoms with Crippen molar-refractivity contribution in [3.63, 3.8) is 0 Å². The molecule has 0 aliphatic heterocycles. The van der Waals surface area contributed by atoms with Crippen molar-refractivity contribution in [1.82, 2.24) is 0 Å². The fourth-order valence-corrected chi connectivity index (χ4v) is 5.45. The molecule has 0 bridgehead atoms. The van der Waals surface area contributed by atoms with Crippen LogP contribution in [0.2, 0.25) is 0 Å². The van der Waals surface area contributed by atoms with Crippen LogP contribution in [0.1, 0.15) is 36.6 Å². The average Bonchev–Trinajstić information content (AvgIpc) is 2.63. The lowest BCUT2D eigenvalue weighted by molar-refractivity contribution is -0.483. The largest absolute Gasteiger partial charge is 0.338 e. The Balaban J connectivity index is 2.62. The van der Waals surface area contributed by atoms with E-state index in [1.807, 2.05) is 60.7 Å². The molecule has 6 nitrogen and oxygen atoms in total. The Kier molecular flexibility index (Phi) is 7.51. The molecular weight excluding hydrogens is 353 g/mol. The van der Waals surface area contributed by atoms with Gasteiger partial charge in [0.1, 0.15) is 0 Å². The van der Waals surface area contributed by atoms with Gasteiger partial charge in [-0.3, -0.25) is 14.7 Å². The van der Waals surface area contributed by atoms with E-state index in [0.717, 1.165) is 5.56 Å². The molecule has 0 saturated carbocycles. The summed E-state index contributed by atoms with van der Waals surface area (Å²) in [6, 6.07) is 18.2. The van der Waals surface area contributed by atoms with E-state index in [0.29, 0.717) is 5.56 Å². The average molecular weight is 377 g/mol. The second kappa shape index (κ2) is 9.62. The molecule has 0 radical (unpaired) electrons. The summed E-state index contributed by atoms with van der Waals surface area (Å²) < 4.78 is 24.8. The van der Waals surface area contributed by atoms with Crippen LogP contribution >= 0.6 is 7.60 Å². The van der Waals surface area contributed by atoms with Crippen molar-refractivity contribution in [3.05, 3.63) is 81.9 Å². The number of hydrogen-bond acceptors (Lipinski definition) is 5. The smallest absolute Gasteiger partial charge is 0.308 e. The molecule has 0 saturated heterocycles. The van der Waals surface area contributed by atoms with Crippen molar-refractivity contribution in [2.45, 2.75) is 25.4 Å². The molecule has 0 fully saturated rings. The van der Waals surface area contributed by atoms with Crippen LogP contribution in [0.5, 0.6) is 0 Å².